The fourth-order valence-electron chi connectivity index (χ4n) is 5.46. The minimum Gasteiger partial charge on any atom is -0.393 e. The monoisotopic (exact) mass is 452 g/mol. The fraction of sp³-hybridized carbons (Fsp3) is 0.667. The van der Waals surface area contributed by atoms with Crippen molar-refractivity contribution in [3.63, 3.8) is 0 Å². The number of rotatable bonds is 10. The second-order valence-electron chi connectivity index (χ2n) is 11.0. The Balaban J connectivity index is 1.51. The van der Waals surface area contributed by atoms with Gasteiger partial charge in [-0.15, -0.1) is 10.2 Å². The van der Waals surface area contributed by atoms with Crippen molar-refractivity contribution in [2.45, 2.75) is 104 Å². The van der Waals surface area contributed by atoms with Gasteiger partial charge in [0.15, 0.2) is 0 Å². The Hall–Kier alpha value is -2.21. The molecule has 2 N–H and O–H groups in total. The molecule has 2 saturated carbocycles. The highest BCUT2D eigenvalue weighted by Crippen LogP contribution is 2.48. The average molecular weight is 453 g/mol. The SMILES string of the molecule is Cc1ccc(NC(=O)C[C@H](C[C@@H](C)O)c2nnc(C3CC(CC(C)C)C3)n2C2CC2)c(C)c1. The number of nitrogens with one attached hydrogen (secondary N) is 1. The molecule has 4 rings (SSSR count). The molecule has 0 bridgehead atoms. The molecule has 0 unspecified atom stereocenters. The van der Waals surface area contributed by atoms with Crippen molar-refractivity contribution in [3.8, 4) is 0 Å². The van der Waals surface area contributed by atoms with Gasteiger partial charge in [-0.3, -0.25) is 4.79 Å². The summed E-state index contributed by atoms with van der Waals surface area (Å²) in [6.07, 6.45) is 6.26. The Bertz CT molecular complexity index is 970. The maximum absolute atomic E-state index is 13.0. The van der Waals surface area contributed by atoms with Crippen LogP contribution < -0.4 is 5.32 Å². The summed E-state index contributed by atoms with van der Waals surface area (Å²) in [5, 5.41) is 22.6. The number of carbonyl (C=O) groups excluding carboxylic acids is 1. The molecule has 0 saturated heterocycles. The van der Waals surface area contributed by atoms with Crippen molar-refractivity contribution in [2.24, 2.45) is 11.8 Å². The molecule has 6 heteroatoms. The van der Waals surface area contributed by atoms with Gasteiger partial charge in [-0.05, 0) is 82.8 Å². The number of carbonyl (C=O) groups is 1. The van der Waals surface area contributed by atoms with Crippen LogP contribution in [0, 0.1) is 25.7 Å². The van der Waals surface area contributed by atoms with E-state index in [1.807, 2.05) is 26.0 Å². The zero-order valence-electron chi connectivity index (χ0n) is 20.8. The molecule has 6 nitrogen and oxygen atoms in total. The van der Waals surface area contributed by atoms with E-state index in [1.54, 1.807) is 6.92 Å². The van der Waals surface area contributed by atoms with E-state index in [4.69, 9.17) is 0 Å². The highest BCUT2D eigenvalue weighted by molar-refractivity contribution is 5.92. The first-order valence-corrected chi connectivity index (χ1v) is 12.7. The van der Waals surface area contributed by atoms with Crippen LogP contribution in [0.1, 0.15) is 106 Å². The number of aliphatic hydroxyl groups is 1. The van der Waals surface area contributed by atoms with E-state index in [0.29, 0.717) is 24.8 Å². The van der Waals surface area contributed by atoms with E-state index in [0.717, 1.165) is 47.6 Å². The van der Waals surface area contributed by atoms with Gasteiger partial charge in [0, 0.05) is 30.0 Å². The minimum atomic E-state index is -0.504. The van der Waals surface area contributed by atoms with Crippen LogP contribution in [0.4, 0.5) is 5.69 Å². The van der Waals surface area contributed by atoms with Crippen LogP contribution in [0.2, 0.25) is 0 Å². The summed E-state index contributed by atoms with van der Waals surface area (Å²) >= 11 is 0. The Morgan fingerprint density at radius 3 is 2.52 bits per heavy atom. The minimum absolute atomic E-state index is 0.0415. The first kappa shape index (κ1) is 23.9. The smallest absolute Gasteiger partial charge is 0.225 e. The van der Waals surface area contributed by atoms with Gasteiger partial charge in [-0.1, -0.05) is 31.5 Å². The molecule has 2 aliphatic carbocycles. The third kappa shape index (κ3) is 5.84. The number of benzene rings is 1. The standard InChI is InChI=1S/C27H40N4O2/c1-16(2)10-20-13-22(14-20)27-30-29-26(31(27)23-7-8-23)21(12-19(5)32)15-25(33)28-24-9-6-17(3)11-18(24)4/h6,9,11,16,19-23,32H,7-8,10,12-15H2,1-5H3,(H,28,33)/t19-,20?,21+,22?/m1/s1. The predicted molar refractivity (Wildman–Crippen MR) is 131 cm³/mol. The number of aromatic nitrogens is 3. The van der Waals surface area contributed by atoms with E-state index in [-0.39, 0.29) is 11.8 Å². The Morgan fingerprint density at radius 1 is 1.18 bits per heavy atom. The van der Waals surface area contributed by atoms with Gasteiger partial charge in [0.2, 0.25) is 5.91 Å². The second-order valence-corrected chi connectivity index (χ2v) is 11.0. The van der Waals surface area contributed by atoms with Crippen LogP contribution in [0.15, 0.2) is 18.2 Å². The average Bonchev–Trinajstić information content (AvgIpc) is 3.44. The Labute approximate surface area is 198 Å². The van der Waals surface area contributed by atoms with Crippen molar-refractivity contribution in [1.29, 1.82) is 0 Å². The fourth-order valence-corrected chi connectivity index (χ4v) is 5.46. The van der Waals surface area contributed by atoms with Crippen LogP contribution in [0.5, 0.6) is 0 Å². The zero-order valence-corrected chi connectivity index (χ0v) is 20.8. The molecular weight excluding hydrogens is 412 g/mol. The largest absolute Gasteiger partial charge is 0.393 e. The summed E-state index contributed by atoms with van der Waals surface area (Å²) < 4.78 is 2.34. The van der Waals surface area contributed by atoms with Crippen molar-refractivity contribution < 1.29 is 9.90 Å². The van der Waals surface area contributed by atoms with Gasteiger partial charge in [-0.2, -0.15) is 0 Å². The number of aliphatic hydroxyl groups excluding tert-OH is 1. The molecule has 2 atom stereocenters. The van der Waals surface area contributed by atoms with Gasteiger partial charge < -0.3 is 15.0 Å². The normalized spacial score (nSPS) is 22.2. The predicted octanol–water partition coefficient (Wildman–Crippen LogP) is 5.65. The van der Waals surface area contributed by atoms with Crippen LogP contribution in [-0.4, -0.2) is 31.9 Å². The maximum Gasteiger partial charge on any atom is 0.225 e. The summed E-state index contributed by atoms with van der Waals surface area (Å²) in [6, 6.07) is 6.50. The number of hydrogen-bond acceptors (Lipinski definition) is 4. The van der Waals surface area contributed by atoms with Crippen molar-refractivity contribution in [3.05, 3.63) is 41.0 Å². The third-order valence-corrected chi connectivity index (χ3v) is 7.14. The summed E-state index contributed by atoms with van der Waals surface area (Å²) in [5.41, 5.74) is 3.07. The molecule has 33 heavy (non-hydrogen) atoms. The number of aryl methyl sites for hydroxylation is 2. The first-order valence-electron chi connectivity index (χ1n) is 12.7. The van der Waals surface area contributed by atoms with E-state index in [1.165, 1.54) is 24.8 Å². The zero-order chi connectivity index (χ0) is 23.7. The molecule has 1 amide bonds. The van der Waals surface area contributed by atoms with Crippen molar-refractivity contribution >= 4 is 11.6 Å². The molecule has 0 spiro atoms. The van der Waals surface area contributed by atoms with Crippen molar-refractivity contribution in [2.75, 3.05) is 5.32 Å². The highest BCUT2D eigenvalue weighted by Gasteiger charge is 2.39. The van der Waals surface area contributed by atoms with Gasteiger partial charge in [-0.25, -0.2) is 0 Å². The van der Waals surface area contributed by atoms with Gasteiger partial charge >= 0.3 is 0 Å². The van der Waals surface area contributed by atoms with E-state index in [9.17, 15) is 9.90 Å². The lowest BCUT2D eigenvalue weighted by Crippen LogP contribution is -2.27. The highest BCUT2D eigenvalue weighted by atomic mass is 16.3. The molecule has 1 aromatic carbocycles. The lowest BCUT2D eigenvalue weighted by molar-refractivity contribution is -0.116. The van der Waals surface area contributed by atoms with Crippen LogP contribution in [-0.2, 0) is 4.79 Å². The number of amides is 1. The van der Waals surface area contributed by atoms with Gasteiger partial charge in [0.05, 0.1) is 6.10 Å². The number of anilines is 1. The lowest BCUT2D eigenvalue weighted by atomic mass is 9.71. The molecule has 2 aliphatic rings. The van der Waals surface area contributed by atoms with Gasteiger partial charge in [0.1, 0.15) is 11.6 Å². The second kappa shape index (κ2) is 9.96. The molecule has 2 aromatic rings. The summed E-state index contributed by atoms with van der Waals surface area (Å²) in [7, 11) is 0. The van der Waals surface area contributed by atoms with Crippen LogP contribution in [0.25, 0.3) is 0 Å². The molecule has 0 aliphatic heterocycles. The molecule has 2 fully saturated rings. The Morgan fingerprint density at radius 2 is 1.91 bits per heavy atom. The van der Waals surface area contributed by atoms with Gasteiger partial charge in [0.25, 0.3) is 0 Å². The first-order chi connectivity index (χ1) is 15.7. The number of nitrogens with zero attached hydrogens (tertiary/aromatic N) is 3. The summed E-state index contributed by atoms with van der Waals surface area (Å²) in [4.78, 5) is 13.0. The third-order valence-electron chi connectivity index (χ3n) is 7.14. The quantitative estimate of drug-likeness (QED) is 0.488. The summed E-state index contributed by atoms with van der Waals surface area (Å²) in [5.74, 6) is 3.81. The lowest BCUT2D eigenvalue weighted by Gasteiger charge is -2.36. The van der Waals surface area contributed by atoms with Crippen LogP contribution in [0.3, 0.4) is 0 Å². The summed E-state index contributed by atoms with van der Waals surface area (Å²) in [6.45, 7) is 10.4. The Kier molecular flexibility index (Phi) is 7.22. The molecule has 1 heterocycles. The van der Waals surface area contributed by atoms with Crippen molar-refractivity contribution in [1.82, 2.24) is 14.8 Å². The van der Waals surface area contributed by atoms with Crippen LogP contribution >= 0.6 is 0 Å². The molecular formula is C27H40N4O2. The molecule has 0 radical (unpaired) electrons. The van der Waals surface area contributed by atoms with E-state index < -0.39 is 6.10 Å². The molecule has 180 valence electrons. The van der Waals surface area contributed by atoms with E-state index >= 15 is 0 Å². The molecule has 1 aromatic heterocycles. The number of hydrogen-bond donors (Lipinski definition) is 2. The topological polar surface area (TPSA) is 80.0 Å². The van der Waals surface area contributed by atoms with E-state index in [2.05, 4.69) is 40.0 Å². The maximum atomic E-state index is 13.0.